The number of primary amides is 1. The summed E-state index contributed by atoms with van der Waals surface area (Å²) < 4.78 is 6.62. The maximum Gasteiger partial charge on any atom is 0.220 e. The standard InChI is InChI=1S/C13H17BrN2O2/c14-10-1-4-12(18-6-5-13(15)17)9(7-10)8-16-11-2-3-11/h1,4,7,11,16H,2-3,5-6,8H2,(H2,15,17). The van der Waals surface area contributed by atoms with Crippen LogP contribution in [0.25, 0.3) is 0 Å². The van der Waals surface area contributed by atoms with E-state index < -0.39 is 0 Å². The predicted octanol–water partition coefficient (Wildman–Crippen LogP) is 1.96. The Bertz CT molecular complexity index is 433. The second kappa shape index (κ2) is 6.20. The Kier molecular flexibility index (Phi) is 4.60. The Labute approximate surface area is 115 Å². The van der Waals surface area contributed by atoms with Gasteiger partial charge in [0, 0.05) is 22.6 Å². The van der Waals surface area contributed by atoms with Gasteiger partial charge in [-0.1, -0.05) is 15.9 Å². The van der Waals surface area contributed by atoms with E-state index in [-0.39, 0.29) is 12.3 Å². The molecule has 0 radical (unpaired) electrons. The van der Waals surface area contributed by atoms with E-state index in [9.17, 15) is 4.79 Å². The van der Waals surface area contributed by atoms with Gasteiger partial charge in [-0.3, -0.25) is 4.79 Å². The van der Waals surface area contributed by atoms with Crippen molar-refractivity contribution in [2.24, 2.45) is 5.73 Å². The van der Waals surface area contributed by atoms with Crippen molar-refractivity contribution in [3.8, 4) is 5.75 Å². The van der Waals surface area contributed by atoms with Crippen LogP contribution in [0.1, 0.15) is 24.8 Å². The first-order chi connectivity index (χ1) is 8.65. The molecule has 1 aliphatic carbocycles. The van der Waals surface area contributed by atoms with Crippen LogP contribution in [0.2, 0.25) is 0 Å². The van der Waals surface area contributed by atoms with Gasteiger partial charge in [-0.15, -0.1) is 0 Å². The molecule has 5 heteroatoms. The molecule has 1 aromatic carbocycles. The minimum atomic E-state index is -0.343. The molecular formula is C13H17BrN2O2. The lowest BCUT2D eigenvalue weighted by Crippen LogP contribution is -2.17. The van der Waals surface area contributed by atoms with Crippen LogP contribution in [0, 0.1) is 0 Å². The fraction of sp³-hybridized carbons (Fsp3) is 0.462. The second-order valence-electron chi connectivity index (χ2n) is 4.47. The number of halogens is 1. The molecule has 2 rings (SSSR count). The number of benzene rings is 1. The summed E-state index contributed by atoms with van der Waals surface area (Å²) in [5.74, 6) is 0.470. The third-order valence-electron chi connectivity index (χ3n) is 2.79. The molecule has 0 atom stereocenters. The number of ether oxygens (including phenoxy) is 1. The Hall–Kier alpha value is -1.07. The van der Waals surface area contributed by atoms with Gasteiger partial charge < -0.3 is 15.8 Å². The van der Waals surface area contributed by atoms with E-state index in [0.717, 1.165) is 22.3 Å². The quantitative estimate of drug-likeness (QED) is 0.809. The van der Waals surface area contributed by atoms with Gasteiger partial charge in [0.1, 0.15) is 5.75 Å². The van der Waals surface area contributed by atoms with Crippen LogP contribution in [-0.4, -0.2) is 18.6 Å². The monoisotopic (exact) mass is 312 g/mol. The van der Waals surface area contributed by atoms with Crippen molar-refractivity contribution in [2.45, 2.75) is 31.8 Å². The Balaban J connectivity index is 1.94. The summed E-state index contributed by atoms with van der Waals surface area (Å²) in [6.07, 6.45) is 2.75. The molecule has 98 valence electrons. The maximum atomic E-state index is 10.7. The molecule has 0 saturated heterocycles. The molecule has 1 fully saturated rings. The maximum absolute atomic E-state index is 10.7. The number of nitrogens with two attached hydrogens (primary N) is 1. The molecule has 0 heterocycles. The molecule has 0 spiro atoms. The van der Waals surface area contributed by atoms with Gasteiger partial charge in [0.15, 0.2) is 0 Å². The smallest absolute Gasteiger partial charge is 0.220 e. The molecule has 1 saturated carbocycles. The zero-order chi connectivity index (χ0) is 13.0. The van der Waals surface area contributed by atoms with Crippen LogP contribution >= 0.6 is 15.9 Å². The number of rotatable bonds is 7. The van der Waals surface area contributed by atoms with Crippen LogP contribution in [0.3, 0.4) is 0 Å². The first-order valence-electron chi connectivity index (χ1n) is 6.08. The van der Waals surface area contributed by atoms with E-state index in [4.69, 9.17) is 10.5 Å². The van der Waals surface area contributed by atoms with Crippen molar-refractivity contribution in [1.29, 1.82) is 0 Å². The molecule has 1 aliphatic rings. The van der Waals surface area contributed by atoms with E-state index in [1.165, 1.54) is 12.8 Å². The summed E-state index contributed by atoms with van der Waals surface area (Å²) in [6, 6.07) is 6.53. The minimum Gasteiger partial charge on any atom is -0.493 e. The van der Waals surface area contributed by atoms with Crippen LogP contribution in [-0.2, 0) is 11.3 Å². The molecule has 0 unspecified atom stereocenters. The second-order valence-corrected chi connectivity index (χ2v) is 5.39. The number of amides is 1. The normalized spacial score (nSPS) is 14.5. The van der Waals surface area contributed by atoms with Gasteiger partial charge in [0.2, 0.25) is 5.91 Å². The lowest BCUT2D eigenvalue weighted by atomic mass is 10.2. The summed E-state index contributed by atoms with van der Waals surface area (Å²) in [6.45, 7) is 1.11. The summed E-state index contributed by atoms with van der Waals surface area (Å²) >= 11 is 3.45. The molecule has 0 aliphatic heterocycles. The molecule has 3 N–H and O–H groups in total. The largest absolute Gasteiger partial charge is 0.493 e. The number of carbonyl (C=O) groups excluding carboxylic acids is 1. The average molecular weight is 313 g/mol. The van der Waals surface area contributed by atoms with Crippen LogP contribution in [0.5, 0.6) is 5.75 Å². The fourth-order valence-electron chi connectivity index (χ4n) is 1.63. The average Bonchev–Trinajstić information content (AvgIpc) is 3.12. The SMILES string of the molecule is NC(=O)CCOc1ccc(Br)cc1CNC1CC1. The molecular weight excluding hydrogens is 296 g/mol. The highest BCUT2D eigenvalue weighted by Gasteiger charge is 2.20. The van der Waals surface area contributed by atoms with Gasteiger partial charge in [-0.05, 0) is 31.0 Å². The van der Waals surface area contributed by atoms with Gasteiger partial charge >= 0.3 is 0 Å². The van der Waals surface area contributed by atoms with Gasteiger partial charge in [0.05, 0.1) is 13.0 Å². The van der Waals surface area contributed by atoms with Gasteiger partial charge in [-0.2, -0.15) is 0 Å². The Morgan fingerprint density at radius 2 is 2.28 bits per heavy atom. The fourth-order valence-corrected chi connectivity index (χ4v) is 2.04. The van der Waals surface area contributed by atoms with E-state index in [0.29, 0.717) is 12.6 Å². The van der Waals surface area contributed by atoms with Crippen LogP contribution in [0.15, 0.2) is 22.7 Å². The predicted molar refractivity (Wildman–Crippen MR) is 73.3 cm³/mol. The van der Waals surface area contributed by atoms with Gasteiger partial charge in [-0.25, -0.2) is 0 Å². The molecule has 0 bridgehead atoms. The molecule has 4 nitrogen and oxygen atoms in total. The van der Waals surface area contributed by atoms with E-state index >= 15 is 0 Å². The number of carbonyl (C=O) groups is 1. The van der Waals surface area contributed by atoms with E-state index in [1.54, 1.807) is 0 Å². The highest BCUT2D eigenvalue weighted by Crippen LogP contribution is 2.25. The van der Waals surface area contributed by atoms with Crippen LogP contribution in [0.4, 0.5) is 0 Å². The molecule has 1 amide bonds. The third-order valence-corrected chi connectivity index (χ3v) is 3.28. The van der Waals surface area contributed by atoms with Gasteiger partial charge in [0.25, 0.3) is 0 Å². The van der Waals surface area contributed by atoms with E-state index in [2.05, 4.69) is 21.2 Å². The van der Waals surface area contributed by atoms with Crippen molar-refractivity contribution in [3.63, 3.8) is 0 Å². The van der Waals surface area contributed by atoms with Crippen LogP contribution < -0.4 is 15.8 Å². The van der Waals surface area contributed by atoms with Crippen molar-refractivity contribution in [2.75, 3.05) is 6.61 Å². The summed E-state index contributed by atoms with van der Waals surface area (Å²) in [5.41, 5.74) is 6.18. The first kappa shape index (κ1) is 13.4. The molecule has 0 aromatic heterocycles. The van der Waals surface area contributed by atoms with E-state index in [1.807, 2.05) is 18.2 Å². The third kappa shape index (κ3) is 4.31. The molecule has 1 aromatic rings. The summed E-state index contributed by atoms with van der Waals surface area (Å²) in [4.78, 5) is 10.7. The lowest BCUT2D eigenvalue weighted by Gasteiger charge is -2.12. The topological polar surface area (TPSA) is 64.4 Å². The molecule has 18 heavy (non-hydrogen) atoms. The van der Waals surface area contributed by atoms with Crippen molar-refractivity contribution >= 4 is 21.8 Å². The Morgan fingerprint density at radius 3 is 2.94 bits per heavy atom. The summed E-state index contributed by atoms with van der Waals surface area (Å²) in [7, 11) is 0. The zero-order valence-electron chi connectivity index (χ0n) is 10.1. The van der Waals surface area contributed by atoms with Crippen molar-refractivity contribution in [1.82, 2.24) is 5.32 Å². The zero-order valence-corrected chi connectivity index (χ0v) is 11.7. The number of hydrogen-bond donors (Lipinski definition) is 2. The highest BCUT2D eigenvalue weighted by atomic mass is 79.9. The highest BCUT2D eigenvalue weighted by molar-refractivity contribution is 9.10. The Morgan fingerprint density at radius 1 is 1.50 bits per heavy atom. The first-order valence-corrected chi connectivity index (χ1v) is 6.87. The summed E-state index contributed by atoms with van der Waals surface area (Å²) in [5, 5.41) is 3.45. The van der Waals surface area contributed by atoms with Crippen molar-refractivity contribution < 1.29 is 9.53 Å². The lowest BCUT2D eigenvalue weighted by molar-refractivity contribution is -0.118. The minimum absolute atomic E-state index is 0.242. The number of nitrogens with one attached hydrogen (secondary N) is 1. The number of hydrogen-bond acceptors (Lipinski definition) is 3. The van der Waals surface area contributed by atoms with Crippen molar-refractivity contribution in [3.05, 3.63) is 28.2 Å².